The molecule has 17 atom stereocenters. The number of amides is 1. The van der Waals surface area contributed by atoms with Gasteiger partial charge in [0, 0.05) is 6.42 Å². The number of carbonyl (C=O) groups excluding carboxylic acids is 1. The Labute approximate surface area is 576 Å². The Balaban J connectivity index is 1.35. The van der Waals surface area contributed by atoms with Gasteiger partial charge in [0.05, 0.1) is 38.6 Å². The zero-order valence-corrected chi connectivity index (χ0v) is 60.2. The quantitative estimate of drug-likeness (QED) is 0.0252. The van der Waals surface area contributed by atoms with Gasteiger partial charge in [-0.3, -0.25) is 4.79 Å². The van der Waals surface area contributed by atoms with E-state index in [1.54, 1.807) is 0 Å². The molecule has 3 heterocycles. The summed E-state index contributed by atoms with van der Waals surface area (Å²) in [7, 11) is 0. The molecule has 0 aliphatic carbocycles. The van der Waals surface area contributed by atoms with Gasteiger partial charge in [-0.05, 0) is 12.8 Å². The van der Waals surface area contributed by atoms with Crippen LogP contribution in [0.2, 0.25) is 0 Å². The molecule has 3 rings (SSSR count). The number of aliphatic hydroxyl groups excluding tert-OH is 11. The van der Waals surface area contributed by atoms with E-state index in [2.05, 4.69) is 19.2 Å². The first-order chi connectivity index (χ1) is 46.3. The summed E-state index contributed by atoms with van der Waals surface area (Å²) in [6.07, 6.45) is 39.1. The van der Waals surface area contributed by atoms with E-state index in [4.69, 9.17) is 28.4 Å². The summed E-state index contributed by atoms with van der Waals surface area (Å²) < 4.78 is 34.5. The Kier molecular flexibility index (Phi) is 54.0. The zero-order valence-electron chi connectivity index (χ0n) is 60.2. The van der Waals surface area contributed by atoms with Gasteiger partial charge in [-0.1, -0.05) is 328 Å². The van der Waals surface area contributed by atoms with Gasteiger partial charge in [-0.15, -0.1) is 0 Å². The van der Waals surface area contributed by atoms with E-state index in [0.717, 1.165) is 44.9 Å². The number of unbranched alkanes of at least 4 members (excludes halogenated alkanes) is 48. The minimum atomic E-state index is -1.97. The van der Waals surface area contributed by atoms with E-state index < -0.39 is 124 Å². The van der Waals surface area contributed by atoms with Crippen LogP contribution in [0.15, 0.2) is 0 Å². The molecule has 95 heavy (non-hydrogen) atoms. The molecule has 19 heteroatoms. The highest BCUT2D eigenvalue weighted by Gasteiger charge is 2.54. The van der Waals surface area contributed by atoms with E-state index in [9.17, 15) is 61.0 Å². The van der Waals surface area contributed by atoms with Crippen molar-refractivity contribution in [3.05, 3.63) is 0 Å². The van der Waals surface area contributed by atoms with Crippen LogP contribution >= 0.6 is 0 Å². The van der Waals surface area contributed by atoms with Crippen molar-refractivity contribution in [1.82, 2.24) is 5.32 Å². The third-order valence-corrected chi connectivity index (χ3v) is 20.4. The highest BCUT2D eigenvalue weighted by Crippen LogP contribution is 2.33. The molecule has 0 spiro atoms. The van der Waals surface area contributed by atoms with Crippen LogP contribution in [0, 0.1) is 0 Å². The molecule has 0 radical (unpaired) electrons. The van der Waals surface area contributed by atoms with Gasteiger partial charge in [0.2, 0.25) is 5.91 Å². The minimum Gasteiger partial charge on any atom is -0.394 e. The van der Waals surface area contributed by atoms with E-state index in [0.29, 0.717) is 12.8 Å². The predicted molar refractivity (Wildman–Crippen MR) is 374 cm³/mol. The average molecular weight is 1360 g/mol. The molecule has 564 valence electrons. The number of nitrogens with one attached hydrogen (secondary N) is 1. The molecular formula is C76H147NO18. The molecular weight excluding hydrogens is 1210 g/mol. The number of ether oxygens (including phenoxy) is 6. The number of rotatable bonds is 64. The van der Waals surface area contributed by atoms with Gasteiger partial charge in [-0.2, -0.15) is 0 Å². The largest absolute Gasteiger partial charge is 0.394 e. The molecule has 12 N–H and O–H groups in total. The van der Waals surface area contributed by atoms with Crippen molar-refractivity contribution in [2.24, 2.45) is 0 Å². The average Bonchev–Trinajstić information content (AvgIpc) is 0.787. The normalized spacial score (nSPS) is 27.1. The molecule has 3 aliphatic heterocycles. The smallest absolute Gasteiger partial charge is 0.220 e. The van der Waals surface area contributed by atoms with Crippen LogP contribution < -0.4 is 5.32 Å². The van der Waals surface area contributed by atoms with Crippen molar-refractivity contribution in [1.29, 1.82) is 0 Å². The Morgan fingerprint density at radius 3 is 0.916 bits per heavy atom. The lowest BCUT2D eigenvalue weighted by atomic mass is 9.96. The van der Waals surface area contributed by atoms with E-state index in [1.807, 2.05) is 0 Å². The van der Waals surface area contributed by atoms with Crippen molar-refractivity contribution >= 4 is 5.91 Å². The summed E-state index contributed by atoms with van der Waals surface area (Å²) in [5, 5.41) is 121. The van der Waals surface area contributed by atoms with E-state index in [1.165, 1.54) is 270 Å². The van der Waals surface area contributed by atoms with Gasteiger partial charge in [-0.25, -0.2) is 0 Å². The summed E-state index contributed by atoms with van der Waals surface area (Å²) in [5.74, 6) is -0.234. The maximum atomic E-state index is 13.5. The second-order valence-electron chi connectivity index (χ2n) is 28.9. The molecule has 0 saturated carbocycles. The Morgan fingerprint density at radius 1 is 0.337 bits per heavy atom. The molecule has 0 aromatic carbocycles. The molecule has 17 unspecified atom stereocenters. The van der Waals surface area contributed by atoms with Crippen molar-refractivity contribution in [2.75, 3.05) is 26.4 Å². The second-order valence-corrected chi connectivity index (χ2v) is 28.9. The van der Waals surface area contributed by atoms with Crippen molar-refractivity contribution in [2.45, 2.75) is 452 Å². The van der Waals surface area contributed by atoms with E-state index >= 15 is 0 Å². The van der Waals surface area contributed by atoms with Crippen molar-refractivity contribution < 1.29 is 89.4 Å². The minimum absolute atomic E-state index is 0.234. The van der Waals surface area contributed by atoms with Crippen LogP contribution in [0.3, 0.4) is 0 Å². The number of hydrogen-bond acceptors (Lipinski definition) is 18. The van der Waals surface area contributed by atoms with E-state index in [-0.39, 0.29) is 18.9 Å². The topological polar surface area (TPSA) is 307 Å². The standard InChI is InChI=1S/C76H147NO18/c1-3-5-7-9-11-13-15-17-19-21-23-24-25-26-27-28-29-30-31-32-33-34-35-36-37-39-41-43-45-47-49-51-53-60(81)59(77-64(82)54-52-50-48-46-44-42-40-38-22-20-18-16-14-12-10-8-6-4-2)58-90-74-70(88)67(85)72(62(56-79)92-74)95-76-71(89)68(86)73(63(57-80)93-76)94-75-69(87)66(84)65(83)61(55-78)91-75/h59-63,65-76,78-81,83-89H,3-58H2,1-2H3,(H,77,82). The lowest BCUT2D eigenvalue weighted by Gasteiger charge is -2.48. The molecule has 19 nitrogen and oxygen atoms in total. The fourth-order valence-corrected chi connectivity index (χ4v) is 14.0. The van der Waals surface area contributed by atoms with Gasteiger partial charge in [0.1, 0.15) is 73.2 Å². The molecule has 3 aliphatic rings. The number of hydrogen-bond donors (Lipinski definition) is 12. The lowest BCUT2D eigenvalue weighted by Crippen LogP contribution is -2.66. The zero-order chi connectivity index (χ0) is 68.9. The molecule has 3 fully saturated rings. The fraction of sp³-hybridized carbons (Fsp3) is 0.987. The maximum absolute atomic E-state index is 13.5. The third-order valence-electron chi connectivity index (χ3n) is 20.4. The highest BCUT2D eigenvalue weighted by molar-refractivity contribution is 5.76. The molecule has 0 aromatic heterocycles. The monoisotopic (exact) mass is 1360 g/mol. The fourth-order valence-electron chi connectivity index (χ4n) is 14.0. The second kappa shape index (κ2) is 58.3. The van der Waals surface area contributed by atoms with Crippen molar-refractivity contribution in [3.63, 3.8) is 0 Å². The molecule has 1 amide bonds. The summed E-state index contributed by atoms with van der Waals surface area (Å²) >= 11 is 0. The summed E-state index contributed by atoms with van der Waals surface area (Å²) in [6, 6.07) is -0.883. The molecule has 3 saturated heterocycles. The maximum Gasteiger partial charge on any atom is 0.220 e. The van der Waals surface area contributed by atoms with Gasteiger partial charge < -0.3 is 89.9 Å². The summed E-state index contributed by atoms with van der Waals surface area (Å²) in [6.45, 7) is 1.86. The molecule has 0 aromatic rings. The Morgan fingerprint density at radius 2 is 0.600 bits per heavy atom. The third kappa shape index (κ3) is 39.1. The van der Waals surface area contributed by atoms with Crippen LogP contribution in [0.1, 0.15) is 348 Å². The number of carbonyl (C=O) groups is 1. The summed E-state index contributed by atoms with van der Waals surface area (Å²) in [5.41, 5.74) is 0. The van der Waals surface area contributed by atoms with Crippen LogP contribution in [0.25, 0.3) is 0 Å². The summed E-state index contributed by atoms with van der Waals surface area (Å²) in [4.78, 5) is 13.5. The van der Waals surface area contributed by atoms with Gasteiger partial charge in [0.15, 0.2) is 18.9 Å². The number of aliphatic hydroxyl groups is 11. The Hall–Kier alpha value is -1.21. The SMILES string of the molecule is CCCCCCCCCCCCCCCCCCCCCCCCCCCCCCCCCCC(O)C(COC1OC(CO)C(OC2OC(CO)C(OC3OC(CO)C(O)C(O)C3O)C(O)C2O)C(O)C1O)NC(=O)CCCCCCCCCCCCCCCCCCCC. The van der Waals surface area contributed by atoms with Crippen LogP contribution in [0.4, 0.5) is 0 Å². The lowest BCUT2D eigenvalue weighted by molar-refractivity contribution is -0.379. The van der Waals surface area contributed by atoms with Crippen LogP contribution in [-0.4, -0.2) is 193 Å². The highest BCUT2D eigenvalue weighted by atomic mass is 16.8. The van der Waals surface area contributed by atoms with Crippen LogP contribution in [0.5, 0.6) is 0 Å². The predicted octanol–water partition coefficient (Wildman–Crippen LogP) is 12.6. The first-order valence-corrected chi connectivity index (χ1v) is 39.8. The molecule has 0 bridgehead atoms. The first kappa shape index (κ1) is 88.0. The van der Waals surface area contributed by atoms with Gasteiger partial charge >= 0.3 is 0 Å². The Bertz CT molecular complexity index is 1720. The first-order valence-electron chi connectivity index (χ1n) is 39.8. The van der Waals surface area contributed by atoms with Crippen molar-refractivity contribution in [3.8, 4) is 0 Å². The van der Waals surface area contributed by atoms with Crippen LogP contribution in [-0.2, 0) is 33.2 Å². The van der Waals surface area contributed by atoms with Gasteiger partial charge in [0.25, 0.3) is 0 Å².